The zero-order valence-corrected chi connectivity index (χ0v) is 23.6. The molecule has 0 saturated carbocycles. The van der Waals surface area contributed by atoms with Crippen LogP contribution in [-0.4, -0.2) is 38.4 Å². The highest BCUT2D eigenvalue weighted by molar-refractivity contribution is 7.15. The predicted octanol–water partition coefficient (Wildman–Crippen LogP) is 5.90. The molecule has 4 aromatic rings. The number of aromatic nitrogens is 4. The van der Waals surface area contributed by atoms with Gasteiger partial charge < -0.3 is 5.32 Å². The second kappa shape index (κ2) is 12.1. The molecule has 0 radical (unpaired) electrons. The summed E-state index contributed by atoms with van der Waals surface area (Å²) >= 11 is 1.42. The Kier molecular flexibility index (Phi) is 8.60. The number of aryl methyl sites for hydroxylation is 3. The van der Waals surface area contributed by atoms with E-state index in [9.17, 15) is 9.59 Å². The van der Waals surface area contributed by atoms with Crippen LogP contribution in [0.25, 0.3) is 5.69 Å². The lowest BCUT2D eigenvalue weighted by Gasteiger charge is -2.14. The SMILES string of the molecule is CCNC(=O)Nc1cc(CCc2cnc(NC(=O)Nc3cc(C(C)(C)C)nn3-c3ccc(C)cc3)s2)ccn1. The molecule has 3 heterocycles. The summed E-state index contributed by atoms with van der Waals surface area (Å²) < 4.78 is 1.75. The Balaban J connectivity index is 1.38. The third-order valence-electron chi connectivity index (χ3n) is 5.84. The number of urea groups is 2. The standard InChI is InChI=1S/C28H34N8O2S/c1-6-29-25(37)32-23-15-19(13-14-30-23)9-12-21-17-31-27(39-21)34-26(38)33-24-16-22(28(3,4)5)35-36(24)20-10-7-18(2)8-11-20/h7-8,10-11,13-17H,6,9,12H2,1-5H3,(H2,29,30,32,37)(H2,31,33,34,38). The first-order valence-electron chi connectivity index (χ1n) is 12.8. The minimum atomic E-state index is -0.389. The molecule has 1 aromatic carbocycles. The largest absolute Gasteiger partial charge is 0.338 e. The van der Waals surface area contributed by atoms with Crippen LogP contribution in [0.4, 0.5) is 26.4 Å². The Labute approximate surface area is 232 Å². The summed E-state index contributed by atoms with van der Waals surface area (Å²) in [4.78, 5) is 34.2. The molecule has 0 aliphatic heterocycles. The van der Waals surface area contributed by atoms with Crippen LogP contribution in [0.3, 0.4) is 0 Å². The first kappa shape index (κ1) is 27.8. The molecule has 0 aliphatic carbocycles. The van der Waals surface area contributed by atoms with Gasteiger partial charge in [0.05, 0.1) is 11.4 Å². The third-order valence-corrected chi connectivity index (χ3v) is 6.81. The van der Waals surface area contributed by atoms with E-state index < -0.39 is 0 Å². The minimum absolute atomic E-state index is 0.180. The molecule has 0 spiro atoms. The third kappa shape index (κ3) is 7.64. The monoisotopic (exact) mass is 546 g/mol. The molecule has 0 fully saturated rings. The van der Waals surface area contributed by atoms with Gasteiger partial charge in [0.1, 0.15) is 11.6 Å². The molecule has 39 heavy (non-hydrogen) atoms. The van der Waals surface area contributed by atoms with E-state index in [0.29, 0.717) is 23.3 Å². The lowest BCUT2D eigenvalue weighted by Crippen LogP contribution is -2.28. The van der Waals surface area contributed by atoms with Crippen LogP contribution in [0, 0.1) is 6.92 Å². The molecule has 10 nitrogen and oxygen atoms in total. The van der Waals surface area contributed by atoms with Crippen molar-refractivity contribution in [2.45, 2.75) is 52.9 Å². The first-order chi connectivity index (χ1) is 18.6. The molecular weight excluding hydrogens is 512 g/mol. The maximum Gasteiger partial charge on any atom is 0.326 e. The van der Waals surface area contributed by atoms with Gasteiger partial charge in [-0.2, -0.15) is 5.10 Å². The Morgan fingerprint density at radius 2 is 1.72 bits per heavy atom. The Hall–Kier alpha value is -4.25. The fraction of sp³-hybridized carbons (Fsp3) is 0.321. The van der Waals surface area contributed by atoms with Gasteiger partial charge in [0, 0.05) is 35.3 Å². The van der Waals surface area contributed by atoms with Crippen molar-refractivity contribution in [1.29, 1.82) is 0 Å². The summed E-state index contributed by atoms with van der Waals surface area (Å²) in [6.07, 6.45) is 4.92. The predicted molar refractivity (Wildman–Crippen MR) is 156 cm³/mol. The second-order valence-corrected chi connectivity index (χ2v) is 11.3. The van der Waals surface area contributed by atoms with Gasteiger partial charge in [0.2, 0.25) is 0 Å². The number of thiazole rings is 1. The lowest BCUT2D eigenvalue weighted by molar-refractivity contribution is 0.252. The Bertz CT molecular complexity index is 1440. The van der Waals surface area contributed by atoms with Crippen LogP contribution < -0.4 is 21.3 Å². The highest BCUT2D eigenvalue weighted by Crippen LogP contribution is 2.27. The molecule has 0 saturated heterocycles. The summed E-state index contributed by atoms with van der Waals surface area (Å²) in [7, 11) is 0. The van der Waals surface area contributed by atoms with Crippen molar-refractivity contribution >= 4 is 40.2 Å². The number of rotatable bonds is 8. The fourth-order valence-corrected chi connectivity index (χ4v) is 4.54. The van der Waals surface area contributed by atoms with Crippen LogP contribution in [-0.2, 0) is 18.3 Å². The summed E-state index contributed by atoms with van der Waals surface area (Å²) in [5, 5.41) is 16.4. The van der Waals surface area contributed by atoms with Crippen LogP contribution >= 0.6 is 11.3 Å². The van der Waals surface area contributed by atoms with Crippen molar-refractivity contribution in [3.05, 3.63) is 76.6 Å². The zero-order valence-electron chi connectivity index (χ0n) is 22.8. The number of benzene rings is 1. The molecule has 204 valence electrons. The van der Waals surface area contributed by atoms with E-state index in [4.69, 9.17) is 5.10 Å². The summed E-state index contributed by atoms with van der Waals surface area (Å²) in [5.41, 5.74) is 3.74. The maximum absolute atomic E-state index is 12.9. The molecule has 3 aromatic heterocycles. The first-order valence-corrected chi connectivity index (χ1v) is 13.6. The van der Waals surface area contributed by atoms with Crippen LogP contribution in [0.2, 0.25) is 0 Å². The molecule has 4 rings (SSSR count). The summed E-state index contributed by atoms with van der Waals surface area (Å²) in [5.74, 6) is 1.08. The van der Waals surface area contributed by atoms with Gasteiger partial charge in [-0.05, 0) is 56.5 Å². The van der Waals surface area contributed by atoms with Crippen LogP contribution in [0.1, 0.15) is 49.4 Å². The van der Waals surface area contributed by atoms with E-state index >= 15 is 0 Å². The summed E-state index contributed by atoms with van der Waals surface area (Å²) in [6, 6.07) is 13.0. The molecule has 0 atom stereocenters. The van der Waals surface area contributed by atoms with Gasteiger partial charge in [-0.1, -0.05) is 38.5 Å². The summed E-state index contributed by atoms with van der Waals surface area (Å²) in [6.45, 7) is 10.7. The number of carbonyl (C=O) groups excluding carboxylic acids is 2. The van der Waals surface area contributed by atoms with Crippen molar-refractivity contribution in [1.82, 2.24) is 25.1 Å². The molecule has 4 N–H and O–H groups in total. The van der Waals surface area contributed by atoms with Gasteiger partial charge in [-0.25, -0.2) is 24.2 Å². The van der Waals surface area contributed by atoms with Gasteiger partial charge in [-0.15, -0.1) is 11.3 Å². The number of nitrogens with zero attached hydrogens (tertiary/aromatic N) is 4. The van der Waals surface area contributed by atoms with Crippen molar-refractivity contribution < 1.29 is 9.59 Å². The smallest absolute Gasteiger partial charge is 0.326 e. The number of anilines is 3. The lowest BCUT2D eigenvalue weighted by atomic mass is 9.92. The van der Waals surface area contributed by atoms with E-state index in [1.165, 1.54) is 11.3 Å². The molecule has 11 heteroatoms. The molecule has 4 amide bonds. The highest BCUT2D eigenvalue weighted by atomic mass is 32.1. The van der Waals surface area contributed by atoms with E-state index in [-0.39, 0.29) is 17.5 Å². The quantitative estimate of drug-likeness (QED) is 0.219. The minimum Gasteiger partial charge on any atom is -0.338 e. The normalized spacial score (nSPS) is 11.2. The Morgan fingerprint density at radius 3 is 2.44 bits per heavy atom. The van der Waals surface area contributed by atoms with Gasteiger partial charge in [0.25, 0.3) is 0 Å². The van der Waals surface area contributed by atoms with Crippen molar-refractivity contribution in [2.75, 3.05) is 22.5 Å². The number of hydrogen-bond acceptors (Lipinski definition) is 6. The zero-order chi connectivity index (χ0) is 28.0. The second-order valence-electron chi connectivity index (χ2n) is 10.2. The molecule has 0 aliphatic rings. The molecular formula is C28H34N8O2S. The topological polar surface area (TPSA) is 126 Å². The van der Waals surface area contributed by atoms with E-state index in [1.807, 2.05) is 56.3 Å². The fourth-order valence-electron chi connectivity index (χ4n) is 3.73. The van der Waals surface area contributed by atoms with Crippen molar-refractivity contribution in [3.8, 4) is 5.69 Å². The number of amides is 4. The van der Waals surface area contributed by atoms with E-state index in [2.05, 4.69) is 52.0 Å². The van der Waals surface area contributed by atoms with Crippen molar-refractivity contribution in [2.24, 2.45) is 0 Å². The van der Waals surface area contributed by atoms with Crippen molar-refractivity contribution in [3.63, 3.8) is 0 Å². The van der Waals surface area contributed by atoms with E-state index in [1.54, 1.807) is 17.1 Å². The van der Waals surface area contributed by atoms with Crippen LogP contribution in [0.15, 0.2) is 54.9 Å². The van der Waals surface area contributed by atoms with E-state index in [0.717, 1.165) is 40.2 Å². The molecule has 0 unspecified atom stereocenters. The average Bonchev–Trinajstić information content (AvgIpc) is 3.50. The van der Waals surface area contributed by atoms with Gasteiger partial charge in [0.15, 0.2) is 5.13 Å². The molecule has 0 bridgehead atoms. The van der Waals surface area contributed by atoms with Gasteiger partial charge >= 0.3 is 12.1 Å². The number of carbonyl (C=O) groups is 2. The van der Waals surface area contributed by atoms with Crippen LogP contribution in [0.5, 0.6) is 0 Å². The Morgan fingerprint density at radius 1 is 0.949 bits per heavy atom. The number of pyridine rings is 1. The number of nitrogens with one attached hydrogen (secondary N) is 4. The maximum atomic E-state index is 12.9. The average molecular weight is 547 g/mol. The highest BCUT2D eigenvalue weighted by Gasteiger charge is 2.22. The number of hydrogen-bond donors (Lipinski definition) is 4. The van der Waals surface area contributed by atoms with Gasteiger partial charge in [-0.3, -0.25) is 16.0 Å².